The molecule has 152 valence electrons. The van der Waals surface area contributed by atoms with Crippen LogP contribution in [0.1, 0.15) is 12.0 Å². The Morgan fingerprint density at radius 1 is 1.11 bits per heavy atom. The molecule has 0 unspecified atom stereocenters. The van der Waals surface area contributed by atoms with Crippen molar-refractivity contribution in [1.82, 2.24) is 4.90 Å². The Bertz CT molecular complexity index is 761. The van der Waals surface area contributed by atoms with Crippen LogP contribution in [0.25, 0.3) is 0 Å². The highest BCUT2D eigenvalue weighted by molar-refractivity contribution is 14.0. The molecule has 0 spiro atoms. The molecule has 1 aliphatic rings. The third-order valence-corrected chi connectivity index (χ3v) is 4.83. The van der Waals surface area contributed by atoms with Crippen molar-refractivity contribution in [3.63, 3.8) is 0 Å². The van der Waals surface area contributed by atoms with Gasteiger partial charge in [-0.05, 0) is 54.8 Å². The summed E-state index contributed by atoms with van der Waals surface area (Å²) in [4.78, 5) is 8.89. The topological polar surface area (TPSA) is 54.1 Å². The third kappa shape index (κ3) is 6.25. The Labute approximate surface area is 183 Å². The Hall–Kier alpha value is -2.03. The van der Waals surface area contributed by atoms with Gasteiger partial charge in [0, 0.05) is 38.4 Å². The number of halogens is 2. The van der Waals surface area contributed by atoms with Gasteiger partial charge in [0.25, 0.3) is 0 Å². The van der Waals surface area contributed by atoms with Crippen LogP contribution in [0.2, 0.25) is 0 Å². The van der Waals surface area contributed by atoms with Crippen LogP contribution in [0, 0.1) is 5.82 Å². The second kappa shape index (κ2) is 11.1. The standard InChI is InChI=1S/C21H27FN4O.HI/c1-27-20-6-2-4-17(16-20)5-3-11-24-21(23)26-14-12-25(13-15-26)19-9-7-18(22)8-10-19;/h2,4,6-10,16H,3,5,11-15H2,1H3,(H2,23,24);1H. The number of piperazine rings is 1. The van der Waals surface area contributed by atoms with Crippen LogP contribution in [0.15, 0.2) is 53.5 Å². The lowest BCUT2D eigenvalue weighted by Crippen LogP contribution is -2.51. The van der Waals surface area contributed by atoms with Gasteiger partial charge in [-0.1, -0.05) is 12.1 Å². The van der Waals surface area contributed by atoms with Crippen molar-refractivity contribution in [2.24, 2.45) is 10.7 Å². The maximum Gasteiger partial charge on any atom is 0.191 e. The van der Waals surface area contributed by atoms with Crippen LogP contribution in [0.4, 0.5) is 10.1 Å². The summed E-state index contributed by atoms with van der Waals surface area (Å²) in [5, 5.41) is 0. The lowest BCUT2D eigenvalue weighted by Gasteiger charge is -2.36. The third-order valence-electron chi connectivity index (χ3n) is 4.83. The lowest BCUT2D eigenvalue weighted by molar-refractivity contribution is 0.380. The van der Waals surface area contributed by atoms with Gasteiger partial charge in [0.15, 0.2) is 5.96 Å². The molecule has 7 heteroatoms. The Balaban J connectivity index is 0.00000280. The quantitative estimate of drug-likeness (QED) is 0.287. The fourth-order valence-electron chi connectivity index (χ4n) is 3.25. The van der Waals surface area contributed by atoms with Crippen LogP contribution in [-0.4, -0.2) is 50.7 Å². The number of nitrogens with zero attached hydrogens (tertiary/aromatic N) is 3. The molecule has 0 atom stereocenters. The van der Waals surface area contributed by atoms with Crippen LogP contribution >= 0.6 is 24.0 Å². The van der Waals surface area contributed by atoms with Crippen LogP contribution in [0.5, 0.6) is 5.75 Å². The van der Waals surface area contributed by atoms with Crippen molar-refractivity contribution in [3.05, 3.63) is 59.9 Å². The zero-order valence-corrected chi connectivity index (χ0v) is 18.5. The largest absolute Gasteiger partial charge is 0.497 e. The highest BCUT2D eigenvalue weighted by atomic mass is 127. The molecule has 0 bridgehead atoms. The molecule has 0 radical (unpaired) electrons. The molecule has 1 fully saturated rings. The first-order valence-electron chi connectivity index (χ1n) is 9.34. The number of methoxy groups -OCH3 is 1. The molecule has 1 saturated heterocycles. The van der Waals surface area contributed by atoms with Gasteiger partial charge in [-0.3, -0.25) is 4.99 Å². The predicted molar refractivity (Wildman–Crippen MR) is 123 cm³/mol. The van der Waals surface area contributed by atoms with E-state index in [2.05, 4.69) is 26.9 Å². The SMILES string of the molecule is COc1cccc(CCCN=C(N)N2CCN(c3ccc(F)cc3)CC2)c1.I. The monoisotopic (exact) mass is 498 g/mol. The molecule has 0 saturated carbocycles. The van der Waals surface area contributed by atoms with Crippen LogP contribution in [-0.2, 0) is 6.42 Å². The van der Waals surface area contributed by atoms with Gasteiger partial charge in [-0.2, -0.15) is 0 Å². The highest BCUT2D eigenvalue weighted by Crippen LogP contribution is 2.17. The Kier molecular flexibility index (Phi) is 8.82. The van der Waals surface area contributed by atoms with E-state index in [0.29, 0.717) is 12.5 Å². The molecule has 0 amide bonds. The van der Waals surface area contributed by atoms with Crippen LogP contribution in [0.3, 0.4) is 0 Å². The number of nitrogens with two attached hydrogens (primary N) is 1. The average Bonchev–Trinajstić information content (AvgIpc) is 2.72. The van der Waals surface area contributed by atoms with E-state index >= 15 is 0 Å². The van der Waals surface area contributed by atoms with Gasteiger partial charge in [0.1, 0.15) is 11.6 Å². The molecule has 3 rings (SSSR count). The number of anilines is 1. The van der Waals surface area contributed by atoms with E-state index in [0.717, 1.165) is 50.5 Å². The fraction of sp³-hybridized carbons (Fsp3) is 0.381. The van der Waals surface area contributed by atoms with Gasteiger partial charge in [-0.25, -0.2) is 4.39 Å². The van der Waals surface area contributed by atoms with Gasteiger partial charge in [-0.15, -0.1) is 24.0 Å². The summed E-state index contributed by atoms with van der Waals surface area (Å²) in [6.07, 6.45) is 1.90. The average molecular weight is 498 g/mol. The van der Waals surface area contributed by atoms with E-state index in [4.69, 9.17) is 10.5 Å². The van der Waals surface area contributed by atoms with Crippen molar-refractivity contribution in [2.45, 2.75) is 12.8 Å². The number of benzene rings is 2. The summed E-state index contributed by atoms with van der Waals surface area (Å²) in [7, 11) is 1.68. The van der Waals surface area contributed by atoms with E-state index < -0.39 is 0 Å². The van der Waals surface area contributed by atoms with Crippen molar-refractivity contribution < 1.29 is 9.13 Å². The van der Waals surface area contributed by atoms with E-state index in [1.807, 2.05) is 24.3 Å². The smallest absolute Gasteiger partial charge is 0.191 e. The number of rotatable bonds is 6. The Morgan fingerprint density at radius 2 is 1.82 bits per heavy atom. The number of guanidine groups is 1. The minimum absolute atomic E-state index is 0. The van der Waals surface area contributed by atoms with Crippen molar-refractivity contribution >= 4 is 35.6 Å². The number of aliphatic imine (C=N–C) groups is 1. The summed E-state index contributed by atoms with van der Waals surface area (Å²) in [5.41, 5.74) is 8.46. The van der Waals surface area contributed by atoms with Crippen molar-refractivity contribution in [1.29, 1.82) is 0 Å². The summed E-state index contributed by atoms with van der Waals surface area (Å²) >= 11 is 0. The molecular formula is C21H28FIN4O. The first-order chi connectivity index (χ1) is 13.2. The highest BCUT2D eigenvalue weighted by Gasteiger charge is 2.18. The summed E-state index contributed by atoms with van der Waals surface area (Å²) in [5.74, 6) is 1.29. The zero-order chi connectivity index (χ0) is 19.1. The van der Waals surface area contributed by atoms with E-state index in [1.165, 1.54) is 17.7 Å². The number of aryl methyl sites for hydroxylation is 1. The second-order valence-electron chi connectivity index (χ2n) is 6.65. The van der Waals surface area contributed by atoms with E-state index in [-0.39, 0.29) is 29.8 Å². The molecule has 1 heterocycles. The van der Waals surface area contributed by atoms with Gasteiger partial charge >= 0.3 is 0 Å². The molecule has 0 aliphatic carbocycles. The fourth-order valence-corrected chi connectivity index (χ4v) is 3.25. The first-order valence-corrected chi connectivity index (χ1v) is 9.34. The molecule has 28 heavy (non-hydrogen) atoms. The molecule has 5 nitrogen and oxygen atoms in total. The predicted octanol–water partition coefficient (Wildman–Crippen LogP) is 3.52. The number of ether oxygens (including phenoxy) is 1. The first kappa shape index (κ1) is 22.3. The molecule has 0 aromatic heterocycles. The molecule has 2 aromatic carbocycles. The molecule has 1 aliphatic heterocycles. The summed E-state index contributed by atoms with van der Waals surface area (Å²) in [6, 6.07) is 14.8. The molecular weight excluding hydrogens is 470 g/mol. The van der Waals surface area contributed by atoms with Gasteiger partial charge < -0.3 is 20.3 Å². The minimum atomic E-state index is -0.206. The van der Waals surface area contributed by atoms with Gasteiger partial charge in [0.05, 0.1) is 7.11 Å². The van der Waals surface area contributed by atoms with Gasteiger partial charge in [0.2, 0.25) is 0 Å². The zero-order valence-electron chi connectivity index (χ0n) is 16.2. The normalized spacial score (nSPS) is 14.6. The summed E-state index contributed by atoms with van der Waals surface area (Å²) < 4.78 is 18.3. The maximum absolute atomic E-state index is 13.1. The molecule has 2 aromatic rings. The van der Waals surface area contributed by atoms with Crippen molar-refractivity contribution in [2.75, 3.05) is 44.7 Å². The lowest BCUT2D eigenvalue weighted by atomic mass is 10.1. The summed E-state index contributed by atoms with van der Waals surface area (Å²) in [6.45, 7) is 4.06. The maximum atomic E-state index is 13.1. The number of hydrogen-bond donors (Lipinski definition) is 1. The minimum Gasteiger partial charge on any atom is -0.497 e. The second-order valence-corrected chi connectivity index (χ2v) is 6.65. The van der Waals surface area contributed by atoms with Crippen LogP contribution < -0.4 is 15.4 Å². The molecule has 2 N–H and O–H groups in total. The van der Waals surface area contributed by atoms with Crippen molar-refractivity contribution in [3.8, 4) is 5.75 Å². The Morgan fingerprint density at radius 3 is 2.50 bits per heavy atom. The van der Waals surface area contributed by atoms with E-state index in [1.54, 1.807) is 7.11 Å². The number of hydrogen-bond acceptors (Lipinski definition) is 3. The van der Waals surface area contributed by atoms with E-state index in [9.17, 15) is 4.39 Å².